The van der Waals surface area contributed by atoms with Gasteiger partial charge in [-0.05, 0) is 48.3 Å². The Morgan fingerprint density at radius 3 is 2.45 bits per heavy atom. The zero-order valence-corrected chi connectivity index (χ0v) is 18.2. The predicted molar refractivity (Wildman–Crippen MR) is 115 cm³/mol. The second-order valence-electron chi connectivity index (χ2n) is 8.02. The van der Waals surface area contributed by atoms with Gasteiger partial charge in [-0.3, -0.25) is 10.2 Å². The van der Waals surface area contributed by atoms with Crippen LogP contribution in [-0.2, 0) is 19.6 Å². The van der Waals surface area contributed by atoms with Crippen molar-refractivity contribution in [2.75, 3.05) is 31.6 Å². The first-order valence-electron chi connectivity index (χ1n) is 9.48. The standard InChI is InChI=1S/C19H26N4O4S2/c1-19(2)12-15(11-16(24)13-19)21-22-18(28)20-14-3-5-17(6-4-14)29(25,26)23-7-9-27-10-8-23/h3-6H,7-13H2,1-2H3,(H2,20,22,28). The highest BCUT2D eigenvalue weighted by Crippen LogP contribution is 2.31. The lowest BCUT2D eigenvalue weighted by Crippen LogP contribution is -2.40. The van der Waals surface area contributed by atoms with Gasteiger partial charge in [0.1, 0.15) is 5.78 Å². The number of ether oxygens (including phenoxy) is 1. The summed E-state index contributed by atoms with van der Waals surface area (Å²) in [5, 5.41) is 7.52. The molecule has 10 heteroatoms. The summed E-state index contributed by atoms with van der Waals surface area (Å²) in [4.78, 5) is 12.1. The van der Waals surface area contributed by atoms with Crippen LogP contribution in [0, 0.1) is 5.41 Å². The van der Waals surface area contributed by atoms with Gasteiger partial charge in [0.2, 0.25) is 10.0 Å². The van der Waals surface area contributed by atoms with E-state index in [2.05, 4.69) is 15.8 Å². The molecule has 1 aromatic carbocycles. The molecular weight excluding hydrogens is 412 g/mol. The summed E-state index contributed by atoms with van der Waals surface area (Å²) >= 11 is 5.25. The average Bonchev–Trinajstić information content (AvgIpc) is 2.66. The van der Waals surface area contributed by atoms with Gasteiger partial charge in [-0.1, -0.05) is 13.8 Å². The highest BCUT2D eigenvalue weighted by molar-refractivity contribution is 7.89. The molecule has 3 rings (SSSR count). The summed E-state index contributed by atoms with van der Waals surface area (Å²) in [6, 6.07) is 6.40. The molecule has 1 saturated heterocycles. The number of sulfonamides is 1. The highest BCUT2D eigenvalue weighted by Gasteiger charge is 2.30. The van der Waals surface area contributed by atoms with Crippen LogP contribution in [0.4, 0.5) is 5.69 Å². The van der Waals surface area contributed by atoms with Crippen molar-refractivity contribution >= 4 is 44.5 Å². The van der Waals surface area contributed by atoms with Crippen LogP contribution >= 0.6 is 12.2 Å². The molecule has 1 aliphatic carbocycles. The Morgan fingerprint density at radius 1 is 1.17 bits per heavy atom. The van der Waals surface area contributed by atoms with Crippen molar-refractivity contribution in [3.63, 3.8) is 0 Å². The number of Topliss-reactive ketones (excluding diaryl/α,β-unsaturated/α-hetero) is 1. The third-order valence-corrected chi connectivity index (χ3v) is 6.90. The van der Waals surface area contributed by atoms with Crippen molar-refractivity contribution in [1.82, 2.24) is 9.73 Å². The second kappa shape index (κ2) is 8.86. The van der Waals surface area contributed by atoms with Gasteiger partial charge >= 0.3 is 0 Å². The van der Waals surface area contributed by atoms with E-state index in [4.69, 9.17) is 17.0 Å². The number of hydrazone groups is 1. The fourth-order valence-electron chi connectivity index (χ4n) is 3.52. The van der Waals surface area contributed by atoms with E-state index >= 15 is 0 Å². The molecule has 2 aliphatic rings. The lowest BCUT2D eigenvalue weighted by Gasteiger charge is -2.29. The number of carbonyl (C=O) groups excluding carboxylic acids is 1. The molecule has 8 nitrogen and oxygen atoms in total. The molecule has 1 saturated carbocycles. The lowest BCUT2D eigenvalue weighted by atomic mass is 9.76. The Morgan fingerprint density at radius 2 is 1.83 bits per heavy atom. The first kappa shape index (κ1) is 21.8. The van der Waals surface area contributed by atoms with Crippen LogP contribution in [0.5, 0.6) is 0 Å². The number of benzene rings is 1. The number of hydrogen-bond donors (Lipinski definition) is 2. The van der Waals surface area contributed by atoms with Gasteiger partial charge in [-0.2, -0.15) is 9.41 Å². The molecule has 29 heavy (non-hydrogen) atoms. The van der Waals surface area contributed by atoms with Crippen molar-refractivity contribution in [2.45, 2.75) is 38.0 Å². The Labute approximate surface area is 176 Å². The monoisotopic (exact) mass is 438 g/mol. The van der Waals surface area contributed by atoms with E-state index in [9.17, 15) is 13.2 Å². The molecule has 2 N–H and O–H groups in total. The molecule has 158 valence electrons. The lowest BCUT2D eigenvalue weighted by molar-refractivity contribution is -0.120. The maximum atomic E-state index is 12.6. The average molecular weight is 439 g/mol. The van der Waals surface area contributed by atoms with E-state index in [-0.39, 0.29) is 21.2 Å². The predicted octanol–water partition coefficient (Wildman–Crippen LogP) is 2.13. The molecule has 0 bridgehead atoms. The van der Waals surface area contributed by atoms with E-state index in [0.29, 0.717) is 44.8 Å². The molecule has 0 aromatic heterocycles. The minimum absolute atomic E-state index is 0.0906. The third-order valence-electron chi connectivity index (χ3n) is 4.80. The Hall–Kier alpha value is -1.88. The van der Waals surface area contributed by atoms with Crippen LogP contribution in [0.15, 0.2) is 34.3 Å². The number of morpholine rings is 1. The van der Waals surface area contributed by atoms with Gasteiger partial charge < -0.3 is 10.1 Å². The van der Waals surface area contributed by atoms with Crippen LogP contribution < -0.4 is 10.7 Å². The van der Waals surface area contributed by atoms with Crippen LogP contribution in [-0.4, -0.2) is 55.6 Å². The fraction of sp³-hybridized carbons (Fsp3) is 0.526. The molecular formula is C19H26N4O4S2. The minimum Gasteiger partial charge on any atom is -0.379 e. The van der Waals surface area contributed by atoms with Crippen LogP contribution in [0.3, 0.4) is 0 Å². The molecule has 0 spiro atoms. The molecule has 1 aromatic rings. The van der Waals surface area contributed by atoms with E-state index < -0.39 is 10.0 Å². The van der Waals surface area contributed by atoms with Crippen LogP contribution in [0.25, 0.3) is 0 Å². The fourth-order valence-corrected chi connectivity index (χ4v) is 5.09. The first-order valence-corrected chi connectivity index (χ1v) is 11.3. The number of nitrogens with zero attached hydrogens (tertiary/aromatic N) is 2. The van der Waals surface area contributed by atoms with E-state index in [1.807, 2.05) is 13.8 Å². The van der Waals surface area contributed by atoms with Gasteiger partial charge in [0.05, 0.1) is 18.1 Å². The van der Waals surface area contributed by atoms with Crippen molar-refractivity contribution in [1.29, 1.82) is 0 Å². The summed E-state index contributed by atoms with van der Waals surface area (Å²) in [6.45, 7) is 5.62. The van der Waals surface area contributed by atoms with Crippen molar-refractivity contribution in [3.8, 4) is 0 Å². The van der Waals surface area contributed by atoms with Crippen LogP contribution in [0.2, 0.25) is 0 Å². The maximum Gasteiger partial charge on any atom is 0.243 e. The van der Waals surface area contributed by atoms with E-state index in [1.165, 1.54) is 4.31 Å². The largest absolute Gasteiger partial charge is 0.379 e. The molecule has 2 fully saturated rings. The Bertz CT molecular complexity index is 905. The number of ketones is 1. The zero-order valence-electron chi connectivity index (χ0n) is 16.6. The third kappa shape index (κ3) is 5.81. The normalized spacial score (nSPS) is 21.7. The minimum atomic E-state index is -3.53. The number of thiocarbonyl (C=S) groups is 1. The molecule has 0 amide bonds. The summed E-state index contributed by atoms with van der Waals surface area (Å²) in [7, 11) is -3.53. The molecule has 0 radical (unpaired) electrons. The zero-order chi connectivity index (χ0) is 21.1. The maximum absolute atomic E-state index is 12.6. The summed E-state index contributed by atoms with van der Waals surface area (Å²) in [5.41, 5.74) is 4.10. The summed E-state index contributed by atoms with van der Waals surface area (Å²) in [5.74, 6) is 0.178. The highest BCUT2D eigenvalue weighted by atomic mass is 32.2. The topological polar surface area (TPSA) is 100 Å². The SMILES string of the molecule is CC1(C)CC(=O)CC(=NNC(=S)Nc2ccc(S(=O)(=O)N3CCOCC3)cc2)C1. The van der Waals surface area contributed by atoms with Crippen molar-refractivity contribution < 1.29 is 17.9 Å². The van der Waals surface area contributed by atoms with Gasteiger partial charge in [0, 0.05) is 37.3 Å². The molecule has 1 aliphatic heterocycles. The molecule has 0 unspecified atom stereocenters. The smallest absolute Gasteiger partial charge is 0.243 e. The quantitative estimate of drug-likeness (QED) is 0.549. The molecule has 0 atom stereocenters. The Kier molecular flexibility index (Phi) is 6.67. The number of carbonyl (C=O) groups is 1. The van der Waals surface area contributed by atoms with Crippen molar-refractivity contribution in [2.24, 2.45) is 10.5 Å². The first-order chi connectivity index (χ1) is 13.7. The van der Waals surface area contributed by atoms with Crippen LogP contribution in [0.1, 0.15) is 33.1 Å². The van der Waals surface area contributed by atoms with E-state index in [1.54, 1.807) is 24.3 Å². The van der Waals surface area contributed by atoms with Gasteiger partial charge in [0.25, 0.3) is 0 Å². The van der Waals surface area contributed by atoms with Crippen molar-refractivity contribution in [3.05, 3.63) is 24.3 Å². The summed E-state index contributed by atoms with van der Waals surface area (Å²) < 4.78 is 31.9. The number of rotatable bonds is 4. The van der Waals surface area contributed by atoms with Gasteiger partial charge in [0.15, 0.2) is 5.11 Å². The van der Waals surface area contributed by atoms with Gasteiger partial charge in [-0.15, -0.1) is 0 Å². The summed E-state index contributed by atoms with van der Waals surface area (Å²) in [6.07, 6.45) is 1.64. The van der Waals surface area contributed by atoms with E-state index in [0.717, 1.165) is 12.1 Å². The second-order valence-corrected chi connectivity index (χ2v) is 10.4. The Balaban J connectivity index is 1.59. The number of nitrogens with one attached hydrogen (secondary N) is 2. The number of hydrogen-bond acceptors (Lipinski definition) is 6. The number of anilines is 1. The molecule has 1 heterocycles. The van der Waals surface area contributed by atoms with Gasteiger partial charge in [-0.25, -0.2) is 8.42 Å².